The Morgan fingerprint density at radius 2 is 2.20 bits per heavy atom. The van der Waals surface area contributed by atoms with Crippen molar-refractivity contribution in [2.24, 2.45) is 0 Å². The first-order valence-electron chi connectivity index (χ1n) is 7.28. The van der Waals surface area contributed by atoms with Gasteiger partial charge in [-0.05, 0) is 57.5 Å². The maximum Gasteiger partial charge on any atom is 0.161 e. The molecular weight excluding hydrogens is 254 g/mol. The fourth-order valence-electron chi connectivity index (χ4n) is 2.68. The molecule has 0 radical (unpaired) electrons. The van der Waals surface area contributed by atoms with Crippen molar-refractivity contribution in [1.29, 1.82) is 0 Å². The molecular formula is C16H25NO3. The van der Waals surface area contributed by atoms with Gasteiger partial charge in [0.2, 0.25) is 0 Å². The largest absolute Gasteiger partial charge is 0.493 e. The van der Waals surface area contributed by atoms with Crippen LogP contribution in [0.15, 0.2) is 18.2 Å². The van der Waals surface area contributed by atoms with Gasteiger partial charge in [-0.1, -0.05) is 6.07 Å². The first kappa shape index (κ1) is 15.1. The number of methoxy groups -OCH3 is 1. The summed E-state index contributed by atoms with van der Waals surface area (Å²) < 4.78 is 11.5. The van der Waals surface area contributed by atoms with Crippen LogP contribution in [-0.4, -0.2) is 49.5 Å². The van der Waals surface area contributed by atoms with Gasteiger partial charge in [-0.2, -0.15) is 0 Å². The van der Waals surface area contributed by atoms with Gasteiger partial charge in [0.05, 0.1) is 13.2 Å². The summed E-state index contributed by atoms with van der Waals surface area (Å²) in [7, 11) is 3.78. The highest BCUT2D eigenvalue weighted by atomic mass is 16.5. The summed E-state index contributed by atoms with van der Waals surface area (Å²) >= 11 is 0. The third-order valence-electron chi connectivity index (χ3n) is 3.63. The van der Waals surface area contributed by atoms with Gasteiger partial charge in [0, 0.05) is 6.54 Å². The summed E-state index contributed by atoms with van der Waals surface area (Å²) in [6.45, 7) is 3.88. The standard InChI is InChI=1S/C16H25NO3/c1-12(18)9-13-6-7-15(19-3)16(10-13)20-14-5-4-8-17(2)11-14/h6-7,10,12,14,18H,4-5,8-9,11H2,1-3H3. The summed E-state index contributed by atoms with van der Waals surface area (Å²) in [5.41, 5.74) is 1.07. The van der Waals surface area contributed by atoms with Crippen LogP contribution >= 0.6 is 0 Å². The minimum atomic E-state index is -0.350. The van der Waals surface area contributed by atoms with Crippen LogP contribution in [0.3, 0.4) is 0 Å². The number of aliphatic hydroxyl groups excluding tert-OH is 1. The van der Waals surface area contributed by atoms with E-state index >= 15 is 0 Å². The molecule has 1 aromatic carbocycles. The first-order chi connectivity index (χ1) is 9.58. The van der Waals surface area contributed by atoms with Gasteiger partial charge in [0.1, 0.15) is 6.10 Å². The molecule has 1 aliphatic heterocycles. The Kier molecular flexibility index (Phi) is 5.26. The SMILES string of the molecule is COc1ccc(CC(C)O)cc1OC1CCCN(C)C1. The van der Waals surface area contributed by atoms with Gasteiger partial charge >= 0.3 is 0 Å². The van der Waals surface area contributed by atoms with E-state index in [9.17, 15) is 5.11 Å². The lowest BCUT2D eigenvalue weighted by atomic mass is 10.1. The summed E-state index contributed by atoms with van der Waals surface area (Å²) in [5, 5.41) is 9.50. The highest BCUT2D eigenvalue weighted by Crippen LogP contribution is 2.30. The molecule has 1 N–H and O–H groups in total. The summed E-state index contributed by atoms with van der Waals surface area (Å²) in [6, 6.07) is 5.88. The number of rotatable bonds is 5. The molecule has 4 nitrogen and oxygen atoms in total. The normalized spacial score (nSPS) is 21.5. The smallest absolute Gasteiger partial charge is 0.161 e. The second-order valence-corrected chi connectivity index (χ2v) is 5.68. The van der Waals surface area contributed by atoms with Crippen molar-refractivity contribution in [2.45, 2.75) is 38.4 Å². The van der Waals surface area contributed by atoms with Gasteiger partial charge < -0.3 is 19.5 Å². The molecule has 1 heterocycles. The van der Waals surface area contributed by atoms with E-state index in [4.69, 9.17) is 9.47 Å². The zero-order valence-corrected chi connectivity index (χ0v) is 12.6. The van der Waals surface area contributed by atoms with Gasteiger partial charge in [-0.15, -0.1) is 0 Å². The van der Waals surface area contributed by atoms with Crippen LogP contribution in [0.25, 0.3) is 0 Å². The lowest BCUT2D eigenvalue weighted by molar-refractivity contribution is 0.101. The predicted octanol–water partition coefficient (Wildman–Crippen LogP) is 2.09. The molecule has 1 aromatic rings. The number of likely N-dealkylation sites (tertiary alicyclic amines) is 1. The Labute approximate surface area is 121 Å². The predicted molar refractivity (Wildman–Crippen MR) is 79.5 cm³/mol. The number of aliphatic hydroxyl groups is 1. The fourth-order valence-corrected chi connectivity index (χ4v) is 2.68. The van der Waals surface area contributed by atoms with Crippen molar-refractivity contribution in [3.8, 4) is 11.5 Å². The van der Waals surface area contributed by atoms with Crippen LogP contribution in [0.5, 0.6) is 11.5 Å². The van der Waals surface area contributed by atoms with E-state index in [1.807, 2.05) is 18.2 Å². The Balaban J connectivity index is 2.11. The van der Waals surface area contributed by atoms with E-state index in [0.717, 1.165) is 43.0 Å². The van der Waals surface area contributed by atoms with E-state index in [-0.39, 0.29) is 12.2 Å². The highest BCUT2D eigenvalue weighted by Gasteiger charge is 2.20. The van der Waals surface area contributed by atoms with E-state index in [0.29, 0.717) is 6.42 Å². The summed E-state index contributed by atoms with van der Waals surface area (Å²) in [5.74, 6) is 1.54. The molecule has 0 amide bonds. The van der Waals surface area contributed by atoms with Gasteiger partial charge in [-0.3, -0.25) is 0 Å². The zero-order chi connectivity index (χ0) is 14.5. The highest BCUT2D eigenvalue weighted by molar-refractivity contribution is 5.43. The maximum absolute atomic E-state index is 9.50. The van der Waals surface area contributed by atoms with Crippen molar-refractivity contribution in [3.63, 3.8) is 0 Å². The molecule has 4 heteroatoms. The molecule has 0 saturated carbocycles. The Morgan fingerprint density at radius 3 is 2.85 bits per heavy atom. The lowest BCUT2D eigenvalue weighted by Crippen LogP contribution is -2.38. The van der Waals surface area contributed by atoms with Crippen LogP contribution in [0.1, 0.15) is 25.3 Å². The molecule has 20 heavy (non-hydrogen) atoms. The van der Waals surface area contributed by atoms with E-state index < -0.39 is 0 Å². The maximum atomic E-state index is 9.50. The van der Waals surface area contributed by atoms with Crippen molar-refractivity contribution in [2.75, 3.05) is 27.2 Å². The molecule has 2 atom stereocenters. The molecule has 0 aromatic heterocycles. The number of hydrogen-bond acceptors (Lipinski definition) is 4. The average molecular weight is 279 g/mol. The summed E-state index contributed by atoms with van der Waals surface area (Å²) in [4.78, 5) is 2.29. The Morgan fingerprint density at radius 1 is 1.40 bits per heavy atom. The molecule has 0 bridgehead atoms. The molecule has 2 rings (SSSR count). The monoisotopic (exact) mass is 279 g/mol. The number of likely N-dealkylation sites (N-methyl/N-ethyl adjacent to an activating group) is 1. The topological polar surface area (TPSA) is 41.9 Å². The Bertz CT molecular complexity index is 434. The van der Waals surface area contributed by atoms with E-state index in [1.54, 1.807) is 14.0 Å². The molecule has 112 valence electrons. The molecule has 2 unspecified atom stereocenters. The second-order valence-electron chi connectivity index (χ2n) is 5.68. The number of hydrogen-bond donors (Lipinski definition) is 1. The van der Waals surface area contributed by atoms with Crippen LogP contribution in [0.2, 0.25) is 0 Å². The fraction of sp³-hybridized carbons (Fsp3) is 0.625. The van der Waals surface area contributed by atoms with Crippen LogP contribution in [0, 0.1) is 0 Å². The molecule has 1 fully saturated rings. The number of nitrogens with zero attached hydrogens (tertiary/aromatic N) is 1. The first-order valence-corrected chi connectivity index (χ1v) is 7.28. The van der Waals surface area contributed by atoms with Crippen molar-refractivity contribution in [1.82, 2.24) is 4.90 Å². The third-order valence-corrected chi connectivity index (χ3v) is 3.63. The molecule has 1 saturated heterocycles. The minimum Gasteiger partial charge on any atom is -0.493 e. The Hall–Kier alpha value is -1.26. The summed E-state index contributed by atoms with van der Waals surface area (Å²) in [6.07, 6.45) is 2.73. The minimum absolute atomic E-state index is 0.212. The molecule has 0 aliphatic carbocycles. The van der Waals surface area contributed by atoms with Gasteiger partial charge in [0.25, 0.3) is 0 Å². The van der Waals surface area contributed by atoms with Crippen molar-refractivity contribution >= 4 is 0 Å². The molecule has 0 spiro atoms. The van der Waals surface area contributed by atoms with Crippen molar-refractivity contribution in [3.05, 3.63) is 23.8 Å². The average Bonchev–Trinajstić information content (AvgIpc) is 2.38. The van der Waals surface area contributed by atoms with Gasteiger partial charge in [0.15, 0.2) is 11.5 Å². The second kappa shape index (κ2) is 6.95. The molecule has 1 aliphatic rings. The number of benzene rings is 1. The van der Waals surface area contributed by atoms with E-state index in [1.165, 1.54) is 0 Å². The van der Waals surface area contributed by atoms with E-state index in [2.05, 4.69) is 11.9 Å². The van der Waals surface area contributed by atoms with Crippen LogP contribution in [0.4, 0.5) is 0 Å². The third kappa shape index (κ3) is 4.12. The quantitative estimate of drug-likeness (QED) is 0.896. The van der Waals surface area contributed by atoms with Crippen LogP contribution in [-0.2, 0) is 6.42 Å². The lowest BCUT2D eigenvalue weighted by Gasteiger charge is -2.30. The van der Waals surface area contributed by atoms with Crippen LogP contribution < -0.4 is 9.47 Å². The number of ether oxygens (including phenoxy) is 2. The zero-order valence-electron chi connectivity index (χ0n) is 12.6. The number of piperidine rings is 1. The van der Waals surface area contributed by atoms with Crippen molar-refractivity contribution < 1.29 is 14.6 Å². The van der Waals surface area contributed by atoms with Gasteiger partial charge in [-0.25, -0.2) is 0 Å².